The van der Waals surface area contributed by atoms with Crippen LogP contribution in [0.25, 0.3) is 16.3 Å². The monoisotopic (exact) mass is 423 g/mol. The van der Waals surface area contributed by atoms with E-state index in [0.717, 1.165) is 16.8 Å². The minimum atomic E-state index is -0.714. The molecule has 0 atom stereocenters. The van der Waals surface area contributed by atoms with Crippen LogP contribution in [0.15, 0.2) is 53.9 Å². The number of anilines is 1. The number of aromatic nitrogens is 3. The first-order valence-electron chi connectivity index (χ1n) is 9.24. The average molecular weight is 423 g/mol. The molecular formula is C21H18FN5O2S. The third kappa shape index (κ3) is 4.36. The number of benzene rings is 2. The molecule has 9 heteroatoms. The fourth-order valence-corrected chi connectivity index (χ4v) is 3.68. The molecule has 0 radical (unpaired) electrons. The second-order valence-electron chi connectivity index (χ2n) is 6.69. The van der Waals surface area contributed by atoms with Gasteiger partial charge in [-0.15, -0.1) is 16.4 Å². The minimum Gasteiger partial charge on any atom is -0.347 e. The van der Waals surface area contributed by atoms with Crippen LogP contribution in [0, 0.1) is 12.7 Å². The summed E-state index contributed by atoms with van der Waals surface area (Å²) in [7, 11) is 0. The van der Waals surface area contributed by atoms with Crippen LogP contribution in [0.3, 0.4) is 0 Å². The Labute approximate surface area is 175 Å². The number of thiazole rings is 1. The summed E-state index contributed by atoms with van der Waals surface area (Å²) < 4.78 is 14.8. The first-order chi connectivity index (χ1) is 14.5. The normalized spacial score (nSPS) is 10.9. The van der Waals surface area contributed by atoms with Crippen molar-refractivity contribution in [1.29, 1.82) is 0 Å². The van der Waals surface area contributed by atoms with Crippen molar-refractivity contribution < 1.29 is 14.0 Å². The number of carbonyl (C=O) groups excluding carboxylic acids is 2. The molecule has 0 fully saturated rings. The Bertz CT molecular complexity index is 1200. The van der Waals surface area contributed by atoms with E-state index < -0.39 is 11.8 Å². The number of nitrogens with zero attached hydrogens (tertiary/aromatic N) is 3. The summed E-state index contributed by atoms with van der Waals surface area (Å²) in [5.74, 6) is -1.23. The van der Waals surface area contributed by atoms with Crippen molar-refractivity contribution in [3.8, 4) is 11.4 Å². The van der Waals surface area contributed by atoms with Crippen LogP contribution >= 0.6 is 11.3 Å². The van der Waals surface area contributed by atoms with Crippen LogP contribution in [0.4, 0.5) is 10.1 Å². The summed E-state index contributed by atoms with van der Waals surface area (Å²) >= 11 is 1.42. The second-order valence-corrected chi connectivity index (χ2v) is 7.53. The maximum Gasteiger partial charge on any atom is 0.313 e. The van der Waals surface area contributed by atoms with E-state index >= 15 is 0 Å². The van der Waals surface area contributed by atoms with Gasteiger partial charge in [-0.2, -0.15) is 4.98 Å². The fourth-order valence-electron chi connectivity index (χ4n) is 2.83. The minimum absolute atomic E-state index is 0.276. The summed E-state index contributed by atoms with van der Waals surface area (Å²) in [5.41, 5.74) is 3.21. The molecule has 0 saturated heterocycles. The van der Waals surface area contributed by atoms with Gasteiger partial charge >= 0.3 is 11.8 Å². The van der Waals surface area contributed by atoms with Crippen LogP contribution in [0.2, 0.25) is 0 Å². The molecule has 0 aliphatic heterocycles. The Morgan fingerprint density at radius 1 is 1.07 bits per heavy atom. The average Bonchev–Trinajstić information content (AvgIpc) is 3.32. The summed E-state index contributed by atoms with van der Waals surface area (Å²) in [6.07, 6.45) is 0.482. The van der Waals surface area contributed by atoms with E-state index in [9.17, 15) is 14.0 Å². The van der Waals surface area contributed by atoms with Crippen molar-refractivity contribution in [2.75, 3.05) is 11.9 Å². The van der Waals surface area contributed by atoms with Gasteiger partial charge in [-0.1, -0.05) is 17.7 Å². The van der Waals surface area contributed by atoms with Crippen molar-refractivity contribution in [2.24, 2.45) is 0 Å². The van der Waals surface area contributed by atoms with E-state index in [0.29, 0.717) is 22.9 Å². The zero-order valence-corrected chi connectivity index (χ0v) is 16.9. The number of carbonyl (C=O) groups is 2. The Hall–Kier alpha value is -3.59. The summed E-state index contributed by atoms with van der Waals surface area (Å²) in [6.45, 7) is 2.22. The lowest BCUT2D eigenvalue weighted by molar-refractivity contribution is -0.136. The van der Waals surface area contributed by atoms with Gasteiger partial charge in [0.05, 0.1) is 5.69 Å². The molecule has 2 aromatic carbocycles. The molecule has 0 spiro atoms. The molecule has 0 saturated carbocycles. The maximum atomic E-state index is 13.1. The molecular weight excluding hydrogens is 405 g/mol. The first kappa shape index (κ1) is 19.7. The highest BCUT2D eigenvalue weighted by Crippen LogP contribution is 2.21. The highest BCUT2D eigenvalue weighted by Gasteiger charge is 2.15. The summed E-state index contributed by atoms with van der Waals surface area (Å²) in [5, 5.41) is 11.6. The van der Waals surface area contributed by atoms with Crippen LogP contribution in [-0.4, -0.2) is 33.0 Å². The first-order valence-corrected chi connectivity index (χ1v) is 10.1. The highest BCUT2D eigenvalue weighted by molar-refractivity contribution is 7.15. The van der Waals surface area contributed by atoms with Crippen LogP contribution in [0.5, 0.6) is 0 Å². The van der Waals surface area contributed by atoms with Crippen LogP contribution in [-0.2, 0) is 16.0 Å². The van der Waals surface area contributed by atoms with Crippen molar-refractivity contribution in [3.05, 3.63) is 71.0 Å². The number of fused-ring (bicyclic) bond motifs is 1. The third-order valence-corrected chi connectivity index (χ3v) is 5.30. The molecule has 30 heavy (non-hydrogen) atoms. The standard InChI is InChI=1S/C21H18FN5O2S/c1-13-2-8-16(9-3-13)24-20(29)19(28)23-11-10-17-12-30-21-25-18(26-27(17)21)14-4-6-15(22)7-5-14/h2-9,12H,10-11H2,1H3,(H,23,28)(H,24,29). The fraction of sp³-hybridized carbons (Fsp3) is 0.143. The zero-order valence-electron chi connectivity index (χ0n) is 16.1. The van der Waals surface area contributed by atoms with E-state index in [1.807, 2.05) is 24.4 Å². The van der Waals surface area contributed by atoms with Gasteiger partial charge in [-0.3, -0.25) is 9.59 Å². The van der Waals surface area contributed by atoms with Crippen molar-refractivity contribution in [3.63, 3.8) is 0 Å². The number of halogens is 1. The van der Waals surface area contributed by atoms with Gasteiger partial charge in [0, 0.05) is 29.6 Å². The topological polar surface area (TPSA) is 88.4 Å². The highest BCUT2D eigenvalue weighted by atomic mass is 32.1. The molecule has 7 nitrogen and oxygen atoms in total. The molecule has 0 unspecified atom stereocenters. The Balaban J connectivity index is 1.35. The lowest BCUT2D eigenvalue weighted by Crippen LogP contribution is -2.36. The van der Waals surface area contributed by atoms with Gasteiger partial charge in [-0.25, -0.2) is 8.91 Å². The molecule has 0 aliphatic carbocycles. The third-order valence-electron chi connectivity index (χ3n) is 4.43. The van der Waals surface area contributed by atoms with Gasteiger partial charge in [0.2, 0.25) is 4.96 Å². The number of hydrogen-bond acceptors (Lipinski definition) is 5. The van der Waals surface area contributed by atoms with Crippen molar-refractivity contribution in [1.82, 2.24) is 19.9 Å². The number of rotatable bonds is 5. The molecule has 4 aromatic rings. The van der Waals surface area contributed by atoms with E-state index in [4.69, 9.17) is 0 Å². The van der Waals surface area contributed by atoms with E-state index in [1.54, 1.807) is 28.8 Å². The molecule has 2 heterocycles. The molecule has 0 bridgehead atoms. The smallest absolute Gasteiger partial charge is 0.313 e. The quantitative estimate of drug-likeness (QED) is 0.483. The van der Waals surface area contributed by atoms with Crippen LogP contribution < -0.4 is 10.6 Å². The number of hydrogen-bond donors (Lipinski definition) is 2. The Kier molecular flexibility index (Phi) is 5.53. The predicted molar refractivity (Wildman–Crippen MR) is 113 cm³/mol. The van der Waals surface area contributed by atoms with Crippen molar-refractivity contribution >= 4 is 33.8 Å². The van der Waals surface area contributed by atoms with E-state index in [2.05, 4.69) is 20.7 Å². The maximum absolute atomic E-state index is 13.1. The van der Waals surface area contributed by atoms with Gasteiger partial charge in [-0.05, 0) is 43.3 Å². The lowest BCUT2D eigenvalue weighted by Gasteiger charge is -2.06. The van der Waals surface area contributed by atoms with Gasteiger partial charge in [0.15, 0.2) is 5.82 Å². The number of aryl methyl sites for hydroxylation is 1. The summed E-state index contributed by atoms with van der Waals surface area (Å²) in [6, 6.07) is 13.2. The number of nitrogens with one attached hydrogen (secondary N) is 2. The lowest BCUT2D eigenvalue weighted by atomic mass is 10.2. The van der Waals surface area contributed by atoms with E-state index in [-0.39, 0.29) is 12.4 Å². The van der Waals surface area contributed by atoms with Gasteiger partial charge in [0.25, 0.3) is 0 Å². The largest absolute Gasteiger partial charge is 0.347 e. The molecule has 0 aliphatic rings. The zero-order chi connectivity index (χ0) is 21.1. The van der Waals surface area contributed by atoms with E-state index in [1.165, 1.54) is 23.5 Å². The molecule has 2 aromatic heterocycles. The summed E-state index contributed by atoms with van der Waals surface area (Å²) in [4.78, 5) is 29.2. The Morgan fingerprint density at radius 2 is 1.80 bits per heavy atom. The van der Waals surface area contributed by atoms with Gasteiger partial charge < -0.3 is 10.6 Å². The molecule has 4 rings (SSSR count). The second kappa shape index (κ2) is 8.42. The number of amides is 2. The Morgan fingerprint density at radius 3 is 2.53 bits per heavy atom. The predicted octanol–water partition coefficient (Wildman–Crippen LogP) is 3.20. The van der Waals surface area contributed by atoms with Crippen LogP contribution in [0.1, 0.15) is 11.3 Å². The van der Waals surface area contributed by atoms with Crippen molar-refractivity contribution in [2.45, 2.75) is 13.3 Å². The molecule has 152 valence electrons. The van der Waals surface area contributed by atoms with Gasteiger partial charge in [0.1, 0.15) is 5.82 Å². The SMILES string of the molecule is Cc1ccc(NC(=O)C(=O)NCCc2csc3nc(-c4ccc(F)cc4)nn23)cc1. The molecule has 2 amide bonds. The molecule has 2 N–H and O–H groups in total.